The van der Waals surface area contributed by atoms with Crippen LogP contribution in [0.2, 0.25) is 0 Å². The van der Waals surface area contributed by atoms with Crippen molar-refractivity contribution in [3.05, 3.63) is 29.7 Å². The van der Waals surface area contributed by atoms with Gasteiger partial charge in [0.05, 0.1) is 20.3 Å². The molecule has 0 aliphatic carbocycles. The van der Waals surface area contributed by atoms with Gasteiger partial charge in [0, 0.05) is 30.6 Å². The van der Waals surface area contributed by atoms with E-state index in [1.54, 1.807) is 7.11 Å². The molecule has 1 aliphatic heterocycles. The summed E-state index contributed by atoms with van der Waals surface area (Å²) in [5.74, 6) is 0.989. The van der Waals surface area contributed by atoms with Gasteiger partial charge in [0.2, 0.25) is 5.82 Å². The van der Waals surface area contributed by atoms with E-state index in [4.69, 9.17) is 18.4 Å². The molecule has 0 saturated carbocycles. The molecular formula is C20H24N4O5. The summed E-state index contributed by atoms with van der Waals surface area (Å²) in [5.41, 5.74) is 1.55. The molecule has 1 aliphatic rings. The standard InChI is InChI=1S/C20H24N4O5/c1-13-15-12-14(26-2)4-5-16(15)28-17(13)18-22-20(29-23-18)19(25)21-6-3-7-24-8-10-27-11-9-24/h4-5,12H,3,6-11H2,1-2H3,(H,21,25). The maximum atomic E-state index is 12.3. The second-order valence-corrected chi connectivity index (χ2v) is 6.90. The average molecular weight is 400 g/mol. The van der Waals surface area contributed by atoms with E-state index in [0.717, 1.165) is 56.0 Å². The molecule has 0 atom stereocenters. The molecule has 1 saturated heterocycles. The van der Waals surface area contributed by atoms with Crippen molar-refractivity contribution in [3.63, 3.8) is 0 Å². The predicted molar refractivity (Wildman–Crippen MR) is 105 cm³/mol. The molecule has 1 amide bonds. The highest BCUT2D eigenvalue weighted by Crippen LogP contribution is 2.33. The first-order valence-electron chi connectivity index (χ1n) is 9.65. The Bertz CT molecular complexity index is 990. The first-order chi connectivity index (χ1) is 14.2. The van der Waals surface area contributed by atoms with Gasteiger partial charge in [0.25, 0.3) is 0 Å². The fourth-order valence-electron chi connectivity index (χ4n) is 3.35. The molecule has 1 N–H and O–H groups in total. The SMILES string of the molecule is COc1ccc2oc(-c3noc(C(=O)NCCCN4CCOCC4)n3)c(C)c2c1. The van der Waals surface area contributed by atoms with E-state index in [9.17, 15) is 4.79 Å². The first-order valence-corrected chi connectivity index (χ1v) is 9.65. The van der Waals surface area contributed by atoms with Gasteiger partial charge in [0.1, 0.15) is 11.3 Å². The van der Waals surface area contributed by atoms with Crippen molar-refractivity contribution in [2.75, 3.05) is 46.5 Å². The molecule has 9 heteroatoms. The molecule has 4 rings (SSSR count). The Morgan fingerprint density at radius 2 is 2.14 bits per heavy atom. The number of amides is 1. The van der Waals surface area contributed by atoms with Crippen molar-refractivity contribution < 1.29 is 23.2 Å². The van der Waals surface area contributed by atoms with Crippen LogP contribution in [0, 0.1) is 6.92 Å². The molecule has 0 unspecified atom stereocenters. The number of hydrogen-bond donors (Lipinski definition) is 1. The molecule has 0 radical (unpaired) electrons. The van der Waals surface area contributed by atoms with Crippen molar-refractivity contribution in [3.8, 4) is 17.3 Å². The maximum absolute atomic E-state index is 12.3. The summed E-state index contributed by atoms with van der Waals surface area (Å²) < 4.78 is 21.6. The van der Waals surface area contributed by atoms with Crippen molar-refractivity contribution in [1.82, 2.24) is 20.4 Å². The summed E-state index contributed by atoms with van der Waals surface area (Å²) in [6.45, 7) is 6.77. The quantitative estimate of drug-likeness (QED) is 0.603. The lowest BCUT2D eigenvalue weighted by molar-refractivity contribution is 0.0374. The number of aromatic nitrogens is 2. The number of rotatable bonds is 7. The number of hydrogen-bond acceptors (Lipinski definition) is 8. The highest BCUT2D eigenvalue weighted by molar-refractivity contribution is 5.91. The van der Waals surface area contributed by atoms with Crippen LogP contribution < -0.4 is 10.1 Å². The summed E-state index contributed by atoms with van der Waals surface area (Å²) in [7, 11) is 1.61. The second-order valence-electron chi connectivity index (χ2n) is 6.90. The number of benzene rings is 1. The number of fused-ring (bicyclic) bond motifs is 1. The van der Waals surface area contributed by atoms with E-state index in [1.165, 1.54) is 0 Å². The number of aryl methyl sites for hydroxylation is 1. The van der Waals surface area contributed by atoms with Crippen LogP contribution in [0.5, 0.6) is 5.75 Å². The Balaban J connectivity index is 1.38. The fraction of sp³-hybridized carbons (Fsp3) is 0.450. The Morgan fingerprint density at radius 1 is 1.31 bits per heavy atom. The Labute approximate surface area is 167 Å². The Kier molecular flexibility index (Phi) is 5.77. The van der Waals surface area contributed by atoms with Crippen LogP contribution in [0.25, 0.3) is 22.6 Å². The molecular weight excluding hydrogens is 376 g/mol. The van der Waals surface area contributed by atoms with Crippen LogP contribution in [0.4, 0.5) is 0 Å². The van der Waals surface area contributed by atoms with Gasteiger partial charge in [-0.2, -0.15) is 4.98 Å². The number of morpholine rings is 1. The van der Waals surface area contributed by atoms with Crippen molar-refractivity contribution in [2.24, 2.45) is 0 Å². The fourth-order valence-corrected chi connectivity index (χ4v) is 3.35. The molecule has 9 nitrogen and oxygen atoms in total. The van der Waals surface area contributed by atoms with E-state index in [1.807, 2.05) is 25.1 Å². The van der Waals surface area contributed by atoms with Crippen LogP contribution >= 0.6 is 0 Å². The Morgan fingerprint density at radius 3 is 2.93 bits per heavy atom. The largest absolute Gasteiger partial charge is 0.497 e. The topological polar surface area (TPSA) is 103 Å². The highest BCUT2D eigenvalue weighted by atomic mass is 16.5. The number of furan rings is 1. The third-order valence-electron chi connectivity index (χ3n) is 5.01. The lowest BCUT2D eigenvalue weighted by Crippen LogP contribution is -2.38. The van der Waals surface area contributed by atoms with Crippen molar-refractivity contribution >= 4 is 16.9 Å². The summed E-state index contributed by atoms with van der Waals surface area (Å²) in [6, 6.07) is 5.54. The second kappa shape index (κ2) is 8.62. The van der Waals surface area contributed by atoms with Gasteiger partial charge in [-0.15, -0.1) is 0 Å². The first kappa shape index (κ1) is 19.4. The average Bonchev–Trinajstić information content (AvgIpc) is 3.36. The van der Waals surface area contributed by atoms with Crippen LogP contribution in [0.3, 0.4) is 0 Å². The number of nitrogens with zero attached hydrogens (tertiary/aromatic N) is 3. The van der Waals surface area contributed by atoms with E-state index in [2.05, 4.69) is 20.4 Å². The van der Waals surface area contributed by atoms with Crippen molar-refractivity contribution in [2.45, 2.75) is 13.3 Å². The van der Waals surface area contributed by atoms with E-state index >= 15 is 0 Å². The minimum atomic E-state index is -0.388. The van der Waals surface area contributed by atoms with E-state index in [-0.39, 0.29) is 17.6 Å². The molecule has 0 bridgehead atoms. The normalized spacial score (nSPS) is 15.0. The monoisotopic (exact) mass is 400 g/mol. The van der Waals surface area contributed by atoms with Gasteiger partial charge >= 0.3 is 11.8 Å². The maximum Gasteiger partial charge on any atom is 0.316 e. The summed E-state index contributed by atoms with van der Waals surface area (Å²) in [6.07, 6.45) is 0.844. The third kappa shape index (κ3) is 4.25. The lowest BCUT2D eigenvalue weighted by Gasteiger charge is -2.26. The van der Waals surface area contributed by atoms with Gasteiger partial charge in [-0.25, -0.2) is 0 Å². The van der Waals surface area contributed by atoms with Crippen LogP contribution in [0.1, 0.15) is 22.7 Å². The van der Waals surface area contributed by atoms with Gasteiger partial charge in [-0.05, 0) is 38.1 Å². The zero-order valence-corrected chi connectivity index (χ0v) is 16.6. The zero-order chi connectivity index (χ0) is 20.2. The summed E-state index contributed by atoms with van der Waals surface area (Å²) in [5, 5.41) is 7.63. The number of carbonyl (C=O) groups excluding carboxylic acids is 1. The summed E-state index contributed by atoms with van der Waals surface area (Å²) >= 11 is 0. The molecule has 29 heavy (non-hydrogen) atoms. The third-order valence-corrected chi connectivity index (χ3v) is 5.01. The number of nitrogens with one attached hydrogen (secondary N) is 1. The minimum absolute atomic E-state index is 0.0798. The van der Waals surface area contributed by atoms with E-state index < -0.39 is 0 Å². The molecule has 154 valence electrons. The van der Waals surface area contributed by atoms with Gasteiger partial charge in [-0.1, -0.05) is 5.16 Å². The lowest BCUT2D eigenvalue weighted by atomic mass is 10.1. The molecule has 2 aromatic heterocycles. The highest BCUT2D eigenvalue weighted by Gasteiger charge is 2.21. The van der Waals surface area contributed by atoms with Gasteiger partial charge < -0.3 is 23.7 Å². The van der Waals surface area contributed by atoms with Crippen LogP contribution in [0.15, 0.2) is 27.1 Å². The number of methoxy groups -OCH3 is 1. The molecule has 3 heterocycles. The minimum Gasteiger partial charge on any atom is -0.497 e. The number of ether oxygens (including phenoxy) is 2. The molecule has 0 spiro atoms. The van der Waals surface area contributed by atoms with Crippen molar-refractivity contribution in [1.29, 1.82) is 0 Å². The summed E-state index contributed by atoms with van der Waals surface area (Å²) in [4.78, 5) is 18.8. The molecule has 3 aromatic rings. The Hall–Kier alpha value is -2.91. The molecule has 1 aromatic carbocycles. The molecule has 1 fully saturated rings. The number of carbonyl (C=O) groups is 1. The zero-order valence-electron chi connectivity index (χ0n) is 16.6. The van der Waals surface area contributed by atoms with Gasteiger partial charge in [-0.3, -0.25) is 9.69 Å². The predicted octanol–water partition coefficient (Wildman–Crippen LogP) is 2.25. The van der Waals surface area contributed by atoms with Crippen LogP contribution in [-0.4, -0.2) is 67.5 Å². The van der Waals surface area contributed by atoms with Crippen LogP contribution in [-0.2, 0) is 4.74 Å². The smallest absolute Gasteiger partial charge is 0.316 e. The van der Waals surface area contributed by atoms with E-state index in [0.29, 0.717) is 17.9 Å². The van der Waals surface area contributed by atoms with Gasteiger partial charge in [0.15, 0.2) is 5.76 Å².